The normalized spacial score (nSPS) is 17.1. The summed E-state index contributed by atoms with van der Waals surface area (Å²) in [7, 11) is 0. The van der Waals surface area contributed by atoms with E-state index in [9.17, 15) is 9.59 Å². The van der Waals surface area contributed by atoms with Gasteiger partial charge in [0.2, 0.25) is 5.91 Å². The van der Waals surface area contributed by atoms with E-state index in [2.05, 4.69) is 34.5 Å². The van der Waals surface area contributed by atoms with Crippen molar-refractivity contribution >= 4 is 28.2 Å². The Kier molecular flexibility index (Phi) is 6.31. The molecule has 5 nitrogen and oxygen atoms in total. The summed E-state index contributed by atoms with van der Waals surface area (Å²) >= 11 is 1.54. The number of thiophene rings is 1. The van der Waals surface area contributed by atoms with Crippen LogP contribution < -0.4 is 5.32 Å². The highest BCUT2D eigenvalue weighted by atomic mass is 32.1. The predicted molar refractivity (Wildman–Crippen MR) is 116 cm³/mol. The molecule has 1 aromatic carbocycles. The lowest BCUT2D eigenvalue weighted by atomic mass is 9.89. The minimum absolute atomic E-state index is 0.0476. The maximum absolute atomic E-state index is 12.7. The van der Waals surface area contributed by atoms with Crippen molar-refractivity contribution < 1.29 is 14.3 Å². The average molecular weight is 413 g/mol. The number of likely N-dealkylation sites (tertiary alicyclic amines) is 1. The van der Waals surface area contributed by atoms with Crippen LogP contribution in [0.4, 0.5) is 5.00 Å². The quantitative estimate of drug-likeness (QED) is 0.722. The number of hydrogen-bond donors (Lipinski definition) is 1. The van der Waals surface area contributed by atoms with Gasteiger partial charge in [0.1, 0.15) is 5.00 Å². The summed E-state index contributed by atoms with van der Waals surface area (Å²) in [5, 5.41) is 3.67. The average Bonchev–Trinajstić information content (AvgIpc) is 3.30. The monoisotopic (exact) mass is 412 g/mol. The summed E-state index contributed by atoms with van der Waals surface area (Å²) in [6, 6.07) is 10.6. The lowest BCUT2D eigenvalue weighted by Crippen LogP contribution is -2.38. The molecule has 29 heavy (non-hydrogen) atoms. The van der Waals surface area contributed by atoms with Gasteiger partial charge in [-0.25, -0.2) is 4.79 Å². The van der Waals surface area contributed by atoms with E-state index in [0.29, 0.717) is 29.6 Å². The molecule has 1 saturated heterocycles. The van der Waals surface area contributed by atoms with Gasteiger partial charge in [0, 0.05) is 4.88 Å². The summed E-state index contributed by atoms with van der Waals surface area (Å²) < 4.78 is 5.24. The first-order chi connectivity index (χ1) is 14.2. The standard InChI is InChI=1S/C23H28N2O3S/c1-2-28-23(27)21-18-9-6-10-19(18)29-22(21)24-20(26)15-25-13-11-17(12-14-25)16-7-4-3-5-8-16/h3-5,7-8,17H,2,6,9-15H2,1H3,(H,24,26). The SMILES string of the molecule is CCOC(=O)c1c(NC(=O)CN2CCC(c3ccccc3)CC2)sc2c1CCC2. The molecule has 1 N–H and O–H groups in total. The number of hydrogen-bond acceptors (Lipinski definition) is 5. The molecular weight excluding hydrogens is 384 g/mol. The number of nitrogens with one attached hydrogen (secondary N) is 1. The zero-order valence-electron chi connectivity index (χ0n) is 16.9. The molecule has 1 fully saturated rings. The number of ether oxygens (including phenoxy) is 1. The first-order valence-corrected chi connectivity index (χ1v) is 11.4. The van der Waals surface area contributed by atoms with Crippen molar-refractivity contribution in [1.82, 2.24) is 4.90 Å². The molecule has 1 aromatic heterocycles. The van der Waals surface area contributed by atoms with Crippen LogP contribution >= 0.6 is 11.3 Å². The number of fused-ring (bicyclic) bond motifs is 1. The molecule has 1 aliphatic carbocycles. The van der Waals surface area contributed by atoms with Crippen molar-refractivity contribution in [1.29, 1.82) is 0 Å². The van der Waals surface area contributed by atoms with Crippen LogP contribution in [0.25, 0.3) is 0 Å². The highest BCUT2D eigenvalue weighted by molar-refractivity contribution is 7.17. The van der Waals surface area contributed by atoms with Crippen molar-refractivity contribution in [3.8, 4) is 0 Å². The van der Waals surface area contributed by atoms with Gasteiger partial charge in [0.15, 0.2) is 0 Å². The Morgan fingerprint density at radius 1 is 1.17 bits per heavy atom. The van der Waals surface area contributed by atoms with E-state index in [1.807, 2.05) is 13.0 Å². The van der Waals surface area contributed by atoms with Crippen molar-refractivity contribution in [2.75, 3.05) is 31.6 Å². The molecule has 0 spiro atoms. The van der Waals surface area contributed by atoms with Gasteiger partial charge in [0.25, 0.3) is 0 Å². The first-order valence-electron chi connectivity index (χ1n) is 10.5. The van der Waals surface area contributed by atoms with E-state index in [1.165, 1.54) is 21.8 Å². The smallest absolute Gasteiger partial charge is 0.341 e. The van der Waals surface area contributed by atoms with Crippen molar-refractivity contribution in [3.63, 3.8) is 0 Å². The van der Waals surface area contributed by atoms with Crippen LogP contribution in [0.2, 0.25) is 0 Å². The highest BCUT2D eigenvalue weighted by Crippen LogP contribution is 2.39. The Morgan fingerprint density at radius 2 is 1.93 bits per heavy atom. The van der Waals surface area contributed by atoms with Gasteiger partial charge < -0.3 is 10.1 Å². The van der Waals surface area contributed by atoms with E-state index < -0.39 is 0 Å². The number of carbonyl (C=O) groups excluding carboxylic acids is 2. The molecule has 1 aliphatic heterocycles. The third-order valence-corrected chi connectivity index (χ3v) is 7.09. The molecule has 0 unspecified atom stereocenters. The van der Waals surface area contributed by atoms with Crippen LogP contribution in [-0.2, 0) is 22.4 Å². The molecule has 0 bridgehead atoms. The lowest BCUT2D eigenvalue weighted by Gasteiger charge is -2.31. The Morgan fingerprint density at radius 3 is 2.66 bits per heavy atom. The van der Waals surface area contributed by atoms with Crippen LogP contribution in [0.3, 0.4) is 0 Å². The van der Waals surface area contributed by atoms with E-state index in [4.69, 9.17) is 4.74 Å². The number of aryl methyl sites for hydroxylation is 1. The third-order valence-electron chi connectivity index (χ3n) is 5.88. The second-order valence-electron chi connectivity index (χ2n) is 7.79. The van der Waals surface area contributed by atoms with Crippen LogP contribution in [-0.4, -0.2) is 43.0 Å². The predicted octanol–water partition coefficient (Wildman–Crippen LogP) is 4.23. The number of benzene rings is 1. The number of esters is 1. The molecule has 0 saturated carbocycles. The van der Waals surface area contributed by atoms with E-state index in [1.54, 1.807) is 0 Å². The Labute approximate surface area is 176 Å². The number of rotatable bonds is 6. The number of piperidine rings is 1. The highest BCUT2D eigenvalue weighted by Gasteiger charge is 2.29. The minimum Gasteiger partial charge on any atom is -0.462 e. The molecule has 6 heteroatoms. The minimum atomic E-state index is -0.314. The molecule has 0 radical (unpaired) electrons. The number of carbonyl (C=O) groups is 2. The van der Waals surface area contributed by atoms with Gasteiger partial charge in [-0.1, -0.05) is 30.3 Å². The van der Waals surface area contributed by atoms with Crippen LogP contribution in [0.15, 0.2) is 30.3 Å². The van der Waals surface area contributed by atoms with Gasteiger partial charge >= 0.3 is 5.97 Å². The Bertz CT molecular complexity index is 870. The fourth-order valence-electron chi connectivity index (χ4n) is 4.43. The molecule has 0 atom stereocenters. The van der Waals surface area contributed by atoms with E-state index in [-0.39, 0.29) is 11.9 Å². The number of amides is 1. The van der Waals surface area contributed by atoms with E-state index in [0.717, 1.165) is 50.8 Å². The number of nitrogens with zero attached hydrogens (tertiary/aromatic N) is 1. The summed E-state index contributed by atoms with van der Waals surface area (Å²) in [4.78, 5) is 28.6. The van der Waals surface area contributed by atoms with Crippen LogP contribution in [0.1, 0.15) is 58.5 Å². The molecule has 154 valence electrons. The summed E-state index contributed by atoms with van der Waals surface area (Å²) in [5.41, 5.74) is 3.05. The van der Waals surface area contributed by atoms with Gasteiger partial charge in [-0.15, -0.1) is 11.3 Å². The Hall–Kier alpha value is -2.18. The third kappa shape index (κ3) is 4.54. The van der Waals surface area contributed by atoms with Crippen LogP contribution in [0, 0.1) is 0 Å². The second kappa shape index (κ2) is 9.09. The second-order valence-corrected chi connectivity index (χ2v) is 8.90. The number of anilines is 1. The molecule has 2 aromatic rings. The van der Waals surface area contributed by atoms with Gasteiger partial charge in [0.05, 0.1) is 18.7 Å². The maximum Gasteiger partial charge on any atom is 0.341 e. The molecule has 2 aliphatic rings. The van der Waals surface area contributed by atoms with Crippen molar-refractivity contribution in [2.45, 2.75) is 44.9 Å². The fourth-order valence-corrected chi connectivity index (χ4v) is 5.72. The summed E-state index contributed by atoms with van der Waals surface area (Å²) in [6.07, 6.45) is 5.08. The molecule has 1 amide bonds. The molecular formula is C23H28N2O3S. The topological polar surface area (TPSA) is 58.6 Å². The van der Waals surface area contributed by atoms with E-state index >= 15 is 0 Å². The maximum atomic E-state index is 12.7. The zero-order chi connectivity index (χ0) is 20.2. The summed E-state index contributed by atoms with van der Waals surface area (Å²) in [5.74, 6) is 0.214. The van der Waals surface area contributed by atoms with Crippen molar-refractivity contribution in [3.05, 3.63) is 51.9 Å². The Balaban J connectivity index is 1.35. The summed E-state index contributed by atoms with van der Waals surface area (Å²) in [6.45, 7) is 4.35. The van der Waals surface area contributed by atoms with Gasteiger partial charge in [-0.05, 0) is 69.2 Å². The van der Waals surface area contributed by atoms with Gasteiger partial charge in [-0.2, -0.15) is 0 Å². The van der Waals surface area contributed by atoms with Crippen molar-refractivity contribution in [2.24, 2.45) is 0 Å². The molecule has 4 rings (SSSR count). The molecule has 2 heterocycles. The largest absolute Gasteiger partial charge is 0.462 e. The lowest BCUT2D eigenvalue weighted by molar-refractivity contribution is -0.117. The zero-order valence-corrected chi connectivity index (χ0v) is 17.7. The van der Waals surface area contributed by atoms with Gasteiger partial charge in [-0.3, -0.25) is 9.69 Å². The first kappa shape index (κ1) is 20.1. The fraction of sp³-hybridized carbons (Fsp3) is 0.478. The van der Waals surface area contributed by atoms with Crippen LogP contribution in [0.5, 0.6) is 0 Å².